The molecule has 2 heterocycles. The molecule has 0 saturated heterocycles. The number of pyridine rings is 1. The third-order valence-corrected chi connectivity index (χ3v) is 7.33. The van der Waals surface area contributed by atoms with Gasteiger partial charge >= 0.3 is 0 Å². The highest BCUT2D eigenvalue weighted by atomic mass is 15.0. The topological polar surface area (TPSA) is 8.81 Å². The SMILES string of the molecule is Cc1ccn(-c2c(C(C)C)cc(-c3ccccc3)cc2C(C)C)c1-c1ccc(-c2ccccc2)c[n+]1C. The van der Waals surface area contributed by atoms with Crippen LogP contribution in [0.1, 0.15) is 56.2 Å². The van der Waals surface area contributed by atoms with Gasteiger partial charge in [-0.2, -0.15) is 4.57 Å². The third kappa shape index (κ3) is 4.76. The Hall–Kier alpha value is -3.91. The van der Waals surface area contributed by atoms with Crippen LogP contribution < -0.4 is 4.57 Å². The first kappa shape index (κ1) is 24.8. The molecular weight excluding hydrogens is 448 g/mol. The monoisotopic (exact) mass is 485 g/mol. The van der Waals surface area contributed by atoms with Crippen molar-refractivity contribution in [2.24, 2.45) is 7.05 Å². The minimum atomic E-state index is 0.390. The van der Waals surface area contributed by atoms with Gasteiger partial charge in [-0.25, -0.2) is 0 Å². The predicted molar refractivity (Wildman–Crippen MR) is 156 cm³/mol. The van der Waals surface area contributed by atoms with Crippen LogP contribution in [0.4, 0.5) is 0 Å². The van der Waals surface area contributed by atoms with Crippen LogP contribution in [0, 0.1) is 6.92 Å². The maximum Gasteiger partial charge on any atom is 0.229 e. The molecule has 0 N–H and O–H groups in total. The van der Waals surface area contributed by atoms with E-state index in [2.05, 4.69) is 154 Å². The molecule has 0 atom stereocenters. The number of hydrogen-bond donors (Lipinski definition) is 0. The van der Waals surface area contributed by atoms with Gasteiger partial charge in [0.15, 0.2) is 6.20 Å². The van der Waals surface area contributed by atoms with Gasteiger partial charge in [0.2, 0.25) is 5.69 Å². The zero-order chi connectivity index (χ0) is 26.1. The van der Waals surface area contributed by atoms with Gasteiger partial charge in [-0.3, -0.25) is 0 Å². The van der Waals surface area contributed by atoms with E-state index in [9.17, 15) is 0 Å². The molecule has 0 radical (unpaired) electrons. The fourth-order valence-corrected chi connectivity index (χ4v) is 5.33. The van der Waals surface area contributed by atoms with Gasteiger partial charge in [0.1, 0.15) is 12.7 Å². The molecular formula is C35H37N2+. The number of aromatic nitrogens is 2. The summed E-state index contributed by atoms with van der Waals surface area (Å²) in [5.41, 5.74) is 12.8. The van der Waals surface area contributed by atoms with E-state index in [-0.39, 0.29) is 0 Å². The Morgan fingerprint density at radius 1 is 0.622 bits per heavy atom. The van der Waals surface area contributed by atoms with Gasteiger partial charge in [0, 0.05) is 17.8 Å². The van der Waals surface area contributed by atoms with E-state index in [1.54, 1.807) is 0 Å². The lowest BCUT2D eigenvalue weighted by molar-refractivity contribution is -0.660. The highest BCUT2D eigenvalue weighted by Gasteiger charge is 2.24. The predicted octanol–water partition coefficient (Wildman–Crippen LogP) is 8.86. The van der Waals surface area contributed by atoms with Crippen molar-refractivity contribution >= 4 is 0 Å². The second-order valence-electron chi connectivity index (χ2n) is 10.7. The minimum Gasteiger partial charge on any atom is -0.311 e. The van der Waals surface area contributed by atoms with E-state index in [4.69, 9.17) is 0 Å². The number of benzene rings is 3. The average molecular weight is 486 g/mol. The van der Waals surface area contributed by atoms with E-state index in [1.165, 1.54) is 56.0 Å². The van der Waals surface area contributed by atoms with Crippen LogP contribution >= 0.6 is 0 Å². The van der Waals surface area contributed by atoms with Crippen LogP contribution in [-0.4, -0.2) is 4.57 Å². The summed E-state index contributed by atoms with van der Waals surface area (Å²) in [6.07, 6.45) is 4.50. The summed E-state index contributed by atoms with van der Waals surface area (Å²) in [5, 5.41) is 0. The molecule has 0 aliphatic heterocycles. The number of hydrogen-bond acceptors (Lipinski definition) is 0. The zero-order valence-corrected chi connectivity index (χ0v) is 22.9. The molecule has 2 aromatic heterocycles. The zero-order valence-electron chi connectivity index (χ0n) is 22.9. The number of rotatable bonds is 6. The minimum absolute atomic E-state index is 0.390. The Balaban J connectivity index is 1.71. The first-order valence-corrected chi connectivity index (χ1v) is 13.3. The summed E-state index contributed by atoms with van der Waals surface area (Å²) in [6.45, 7) is 11.5. The Morgan fingerprint density at radius 2 is 1.16 bits per heavy atom. The van der Waals surface area contributed by atoms with E-state index in [0.717, 1.165) is 0 Å². The molecule has 2 heteroatoms. The molecule has 0 bridgehead atoms. The molecule has 5 rings (SSSR count). The average Bonchev–Trinajstić information content (AvgIpc) is 3.29. The van der Waals surface area contributed by atoms with E-state index in [1.807, 2.05) is 0 Å². The Kier molecular flexibility index (Phi) is 6.84. The van der Waals surface area contributed by atoms with Gasteiger partial charge in [0.25, 0.3) is 0 Å². The molecule has 0 aliphatic carbocycles. The van der Waals surface area contributed by atoms with Gasteiger partial charge in [-0.1, -0.05) is 88.4 Å². The van der Waals surface area contributed by atoms with Crippen molar-refractivity contribution in [1.29, 1.82) is 0 Å². The van der Waals surface area contributed by atoms with Gasteiger partial charge in [0.05, 0.1) is 5.69 Å². The highest BCUT2D eigenvalue weighted by molar-refractivity contribution is 5.72. The molecule has 0 aliphatic rings. The van der Waals surface area contributed by atoms with Crippen molar-refractivity contribution in [2.45, 2.75) is 46.5 Å². The lowest BCUT2D eigenvalue weighted by Crippen LogP contribution is -2.31. The van der Waals surface area contributed by atoms with Crippen molar-refractivity contribution < 1.29 is 4.57 Å². The molecule has 0 spiro atoms. The lowest BCUT2D eigenvalue weighted by atomic mass is 9.88. The fourth-order valence-electron chi connectivity index (χ4n) is 5.33. The first-order chi connectivity index (χ1) is 17.8. The van der Waals surface area contributed by atoms with Crippen molar-refractivity contribution in [3.05, 3.63) is 120 Å². The van der Waals surface area contributed by atoms with E-state index in [0.29, 0.717) is 11.8 Å². The Bertz CT molecular complexity index is 1490. The molecule has 5 aromatic rings. The van der Waals surface area contributed by atoms with Crippen molar-refractivity contribution in [1.82, 2.24) is 4.57 Å². The molecule has 0 fully saturated rings. The summed E-state index contributed by atoms with van der Waals surface area (Å²) in [4.78, 5) is 0. The summed E-state index contributed by atoms with van der Waals surface area (Å²) in [5.74, 6) is 0.779. The van der Waals surface area contributed by atoms with Gasteiger partial charge in [-0.05, 0) is 76.4 Å². The van der Waals surface area contributed by atoms with Crippen molar-refractivity contribution in [3.8, 4) is 39.3 Å². The second kappa shape index (κ2) is 10.2. The summed E-state index contributed by atoms with van der Waals surface area (Å²) < 4.78 is 4.70. The smallest absolute Gasteiger partial charge is 0.229 e. The Labute approximate surface area is 221 Å². The molecule has 186 valence electrons. The Morgan fingerprint density at radius 3 is 1.68 bits per heavy atom. The first-order valence-electron chi connectivity index (χ1n) is 13.3. The normalized spacial score (nSPS) is 11.5. The van der Waals surface area contributed by atoms with Crippen LogP contribution in [0.2, 0.25) is 0 Å². The van der Waals surface area contributed by atoms with Crippen LogP contribution in [0.3, 0.4) is 0 Å². The van der Waals surface area contributed by atoms with Crippen LogP contribution in [0.5, 0.6) is 0 Å². The molecule has 3 aromatic carbocycles. The standard InChI is InChI=1S/C35H37N2/c1-24(2)31-21-30(28-15-11-8-12-16-28)22-32(25(3)4)35(31)37-20-19-26(5)34(37)33-18-17-29(23-36(33)6)27-13-9-7-10-14-27/h7-25H,1-6H3/q+1. The van der Waals surface area contributed by atoms with E-state index >= 15 is 0 Å². The summed E-state index contributed by atoms with van der Waals surface area (Å²) >= 11 is 0. The number of aryl methyl sites for hydroxylation is 2. The highest BCUT2D eigenvalue weighted by Crippen LogP contribution is 2.39. The second-order valence-corrected chi connectivity index (χ2v) is 10.7. The largest absolute Gasteiger partial charge is 0.311 e. The van der Waals surface area contributed by atoms with Crippen molar-refractivity contribution in [3.63, 3.8) is 0 Å². The maximum atomic E-state index is 2.44. The quantitative estimate of drug-likeness (QED) is 0.212. The fraction of sp³-hybridized carbons (Fsp3) is 0.229. The van der Waals surface area contributed by atoms with Crippen LogP contribution in [0.15, 0.2) is 103 Å². The molecule has 2 nitrogen and oxygen atoms in total. The van der Waals surface area contributed by atoms with Gasteiger partial charge < -0.3 is 4.57 Å². The lowest BCUT2D eigenvalue weighted by Gasteiger charge is -2.24. The maximum absolute atomic E-state index is 2.44. The summed E-state index contributed by atoms with van der Waals surface area (Å²) in [6, 6.07) is 32.9. The van der Waals surface area contributed by atoms with Crippen LogP contribution in [0.25, 0.3) is 39.3 Å². The van der Waals surface area contributed by atoms with E-state index < -0.39 is 0 Å². The molecule has 0 unspecified atom stereocenters. The van der Waals surface area contributed by atoms with Gasteiger partial charge in [-0.15, -0.1) is 0 Å². The third-order valence-electron chi connectivity index (χ3n) is 7.33. The van der Waals surface area contributed by atoms with Crippen LogP contribution in [-0.2, 0) is 7.05 Å². The number of nitrogens with zero attached hydrogens (tertiary/aromatic N) is 2. The summed E-state index contributed by atoms with van der Waals surface area (Å²) in [7, 11) is 2.16. The molecule has 0 saturated carbocycles. The van der Waals surface area contributed by atoms with Crippen molar-refractivity contribution in [2.75, 3.05) is 0 Å². The molecule has 0 amide bonds. The molecule has 37 heavy (non-hydrogen) atoms.